The maximum Gasteiger partial charge on any atom is 0.231 e. The van der Waals surface area contributed by atoms with Crippen molar-refractivity contribution in [2.24, 2.45) is 5.92 Å². The molecule has 3 aromatic carbocycles. The summed E-state index contributed by atoms with van der Waals surface area (Å²) in [5.74, 6) is -2.18. The molecular formula is C24H22F2N2O2. The van der Waals surface area contributed by atoms with Gasteiger partial charge in [0.05, 0.1) is 17.3 Å². The Hall–Kier alpha value is -3.41. The summed E-state index contributed by atoms with van der Waals surface area (Å²) in [4.78, 5) is 12.8. The Balaban J connectivity index is 1.46. The van der Waals surface area contributed by atoms with Crippen LogP contribution in [0.3, 0.4) is 0 Å². The molecule has 1 atom stereocenters. The third-order valence-corrected chi connectivity index (χ3v) is 5.27. The Morgan fingerprint density at radius 2 is 1.80 bits per heavy atom. The van der Waals surface area contributed by atoms with Gasteiger partial charge in [0, 0.05) is 18.2 Å². The summed E-state index contributed by atoms with van der Waals surface area (Å²) in [6.07, 6.45) is 0.217. The maximum atomic E-state index is 13.8. The van der Waals surface area contributed by atoms with E-state index in [2.05, 4.69) is 29.7 Å². The van der Waals surface area contributed by atoms with Crippen LogP contribution in [0.5, 0.6) is 5.75 Å². The Labute approximate surface area is 173 Å². The van der Waals surface area contributed by atoms with Crippen LogP contribution in [0, 0.1) is 24.5 Å². The molecule has 2 N–H and O–H groups in total. The molecule has 0 saturated heterocycles. The molecule has 0 fully saturated rings. The van der Waals surface area contributed by atoms with Crippen LogP contribution < -0.4 is 15.4 Å². The molecule has 154 valence electrons. The minimum Gasteiger partial charge on any atom is -0.489 e. The first-order valence-electron chi connectivity index (χ1n) is 9.80. The maximum absolute atomic E-state index is 13.8. The lowest BCUT2D eigenvalue weighted by molar-refractivity contribution is -0.121. The lowest BCUT2D eigenvalue weighted by atomic mass is 9.95. The van der Waals surface area contributed by atoms with Gasteiger partial charge in [-0.05, 0) is 42.7 Å². The largest absolute Gasteiger partial charge is 0.489 e. The van der Waals surface area contributed by atoms with E-state index in [0.29, 0.717) is 17.8 Å². The van der Waals surface area contributed by atoms with Crippen LogP contribution in [0.15, 0.2) is 60.7 Å². The molecule has 4 nitrogen and oxygen atoms in total. The van der Waals surface area contributed by atoms with Crippen molar-refractivity contribution in [3.05, 3.63) is 89.0 Å². The molecule has 0 aliphatic carbocycles. The summed E-state index contributed by atoms with van der Waals surface area (Å²) in [6, 6.07) is 17.5. The number of para-hydroxylation sites is 2. The molecule has 3 aromatic rings. The van der Waals surface area contributed by atoms with Crippen LogP contribution in [0.2, 0.25) is 0 Å². The summed E-state index contributed by atoms with van der Waals surface area (Å²) in [6.45, 7) is 2.72. The molecule has 0 spiro atoms. The molecule has 4 rings (SSSR count). The number of amides is 1. The van der Waals surface area contributed by atoms with Crippen molar-refractivity contribution in [3.63, 3.8) is 0 Å². The number of carbonyl (C=O) groups excluding carboxylic acids is 1. The Bertz CT molecular complexity index is 1080. The van der Waals surface area contributed by atoms with E-state index >= 15 is 0 Å². The molecule has 1 heterocycles. The monoisotopic (exact) mass is 408 g/mol. The van der Waals surface area contributed by atoms with Crippen LogP contribution >= 0.6 is 0 Å². The summed E-state index contributed by atoms with van der Waals surface area (Å²) in [7, 11) is 0. The zero-order chi connectivity index (χ0) is 21.1. The molecule has 1 unspecified atom stereocenters. The van der Waals surface area contributed by atoms with E-state index in [1.54, 1.807) is 0 Å². The fraction of sp³-hybridized carbons (Fsp3) is 0.208. The topological polar surface area (TPSA) is 50.4 Å². The zero-order valence-corrected chi connectivity index (χ0v) is 16.5. The van der Waals surface area contributed by atoms with Crippen molar-refractivity contribution in [2.45, 2.75) is 19.9 Å². The zero-order valence-electron chi connectivity index (χ0n) is 16.5. The first-order chi connectivity index (χ1) is 14.5. The number of halogens is 2. The second kappa shape index (κ2) is 8.53. The highest BCUT2D eigenvalue weighted by Crippen LogP contribution is 2.32. The third-order valence-electron chi connectivity index (χ3n) is 5.27. The summed E-state index contributed by atoms with van der Waals surface area (Å²) in [5.41, 5.74) is 4.16. The lowest BCUT2D eigenvalue weighted by Crippen LogP contribution is -2.33. The Morgan fingerprint density at radius 1 is 1.07 bits per heavy atom. The molecule has 0 aromatic heterocycles. The van der Waals surface area contributed by atoms with E-state index in [9.17, 15) is 13.6 Å². The van der Waals surface area contributed by atoms with Gasteiger partial charge in [-0.2, -0.15) is 0 Å². The number of hydrogen-bond donors (Lipinski definition) is 2. The smallest absolute Gasteiger partial charge is 0.231 e. The van der Waals surface area contributed by atoms with E-state index < -0.39 is 17.6 Å². The molecule has 1 aliphatic rings. The van der Waals surface area contributed by atoms with E-state index in [0.717, 1.165) is 11.8 Å². The number of ether oxygens (including phenoxy) is 1. The van der Waals surface area contributed by atoms with Crippen LogP contribution in [0.4, 0.5) is 20.2 Å². The van der Waals surface area contributed by atoms with E-state index in [1.165, 1.54) is 17.2 Å². The minimum absolute atomic E-state index is 0.0285. The average molecular weight is 408 g/mol. The quantitative estimate of drug-likeness (QED) is 0.619. The Kier molecular flexibility index (Phi) is 5.65. The van der Waals surface area contributed by atoms with E-state index in [-0.39, 0.29) is 24.7 Å². The number of benzene rings is 3. The standard InChI is InChI=1S/C24H22F2N2O2/c1-15-6-2-3-7-16(15)13-27-21-8-4-5-9-22(21)28-24(29)18-10-17-11-19(25)12-20(26)23(17)30-14-18/h2-9,11-12,18,27H,10,13-14H2,1H3,(H,28,29). The highest BCUT2D eigenvalue weighted by molar-refractivity contribution is 5.96. The van der Waals surface area contributed by atoms with Crippen LogP contribution in [-0.4, -0.2) is 12.5 Å². The van der Waals surface area contributed by atoms with Gasteiger partial charge in [-0.15, -0.1) is 0 Å². The number of nitrogens with one attached hydrogen (secondary N) is 2. The van der Waals surface area contributed by atoms with Crippen molar-refractivity contribution < 1.29 is 18.3 Å². The van der Waals surface area contributed by atoms with Gasteiger partial charge in [0.25, 0.3) is 0 Å². The van der Waals surface area contributed by atoms with Crippen molar-refractivity contribution in [2.75, 3.05) is 17.2 Å². The summed E-state index contributed by atoms with van der Waals surface area (Å²) < 4.78 is 32.8. The number of rotatable bonds is 5. The van der Waals surface area contributed by atoms with E-state index in [1.807, 2.05) is 36.4 Å². The molecule has 6 heteroatoms. The number of anilines is 2. The first kappa shape index (κ1) is 19.9. The summed E-state index contributed by atoms with van der Waals surface area (Å²) in [5, 5.41) is 6.29. The number of hydrogen-bond acceptors (Lipinski definition) is 3. The van der Waals surface area contributed by atoms with Gasteiger partial charge in [0.1, 0.15) is 12.4 Å². The molecule has 1 amide bonds. The highest BCUT2D eigenvalue weighted by atomic mass is 19.1. The van der Waals surface area contributed by atoms with Crippen molar-refractivity contribution >= 4 is 17.3 Å². The van der Waals surface area contributed by atoms with Crippen LogP contribution in [-0.2, 0) is 17.8 Å². The highest BCUT2D eigenvalue weighted by Gasteiger charge is 2.29. The SMILES string of the molecule is Cc1ccccc1CNc1ccccc1NC(=O)C1COc2c(F)cc(F)cc2C1. The lowest BCUT2D eigenvalue weighted by Gasteiger charge is -2.25. The number of aryl methyl sites for hydroxylation is 1. The predicted molar refractivity (Wildman–Crippen MR) is 113 cm³/mol. The molecule has 1 aliphatic heterocycles. The normalized spacial score (nSPS) is 15.1. The van der Waals surface area contributed by atoms with E-state index in [4.69, 9.17) is 4.74 Å². The molecule has 0 saturated carbocycles. The number of carbonyl (C=O) groups is 1. The van der Waals surface area contributed by atoms with Crippen molar-refractivity contribution in [1.82, 2.24) is 0 Å². The first-order valence-corrected chi connectivity index (χ1v) is 9.80. The van der Waals surface area contributed by atoms with Gasteiger partial charge in [0.2, 0.25) is 5.91 Å². The van der Waals surface area contributed by atoms with Gasteiger partial charge in [-0.1, -0.05) is 36.4 Å². The molecular weight excluding hydrogens is 386 g/mol. The average Bonchev–Trinajstić information content (AvgIpc) is 2.73. The molecule has 0 bridgehead atoms. The Morgan fingerprint density at radius 3 is 2.60 bits per heavy atom. The van der Waals surface area contributed by atoms with Crippen LogP contribution in [0.25, 0.3) is 0 Å². The van der Waals surface area contributed by atoms with Gasteiger partial charge in [-0.3, -0.25) is 4.79 Å². The fourth-order valence-corrected chi connectivity index (χ4v) is 3.58. The van der Waals surface area contributed by atoms with Gasteiger partial charge >= 0.3 is 0 Å². The van der Waals surface area contributed by atoms with Crippen molar-refractivity contribution in [3.8, 4) is 5.75 Å². The second-order valence-electron chi connectivity index (χ2n) is 7.40. The molecule has 30 heavy (non-hydrogen) atoms. The predicted octanol–water partition coefficient (Wildman–Crippen LogP) is 5.08. The molecule has 0 radical (unpaired) electrons. The summed E-state index contributed by atoms with van der Waals surface area (Å²) >= 11 is 0. The van der Waals surface area contributed by atoms with Gasteiger partial charge < -0.3 is 15.4 Å². The third kappa shape index (κ3) is 4.27. The van der Waals surface area contributed by atoms with Gasteiger partial charge in [-0.25, -0.2) is 8.78 Å². The van der Waals surface area contributed by atoms with Crippen LogP contribution in [0.1, 0.15) is 16.7 Å². The van der Waals surface area contributed by atoms with Crippen molar-refractivity contribution in [1.29, 1.82) is 0 Å². The number of fused-ring (bicyclic) bond motifs is 1. The van der Waals surface area contributed by atoms with Gasteiger partial charge in [0.15, 0.2) is 11.6 Å². The second-order valence-corrected chi connectivity index (χ2v) is 7.40. The minimum atomic E-state index is -0.741. The fourth-order valence-electron chi connectivity index (χ4n) is 3.58.